The zero-order chi connectivity index (χ0) is 10.4. The fourth-order valence-corrected chi connectivity index (χ4v) is 0.965. The molecule has 0 bridgehead atoms. The molecule has 3 heteroatoms. The lowest BCUT2D eigenvalue weighted by Crippen LogP contribution is -1.98. The highest BCUT2D eigenvalue weighted by Crippen LogP contribution is 2.05. The Morgan fingerprint density at radius 1 is 1.57 bits per heavy atom. The molecule has 0 saturated carbocycles. The Hall–Kier alpha value is -1.64. The molecule has 0 saturated heterocycles. The van der Waals surface area contributed by atoms with Crippen LogP contribution in [0.3, 0.4) is 0 Å². The molecule has 1 rings (SSSR count). The molecule has 0 fully saturated rings. The molecule has 0 spiro atoms. The molecular formula is C11H11FO2. The van der Waals surface area contributed by atoms with Crippen LogP contribution in [0, 0.1) is 5.82 Å². The van der Waals surface area contributed by atoms with Crippen molar-refractivity contribution >= 4 is 12.0 Å². The van der Waals surface area contributed by atoms with Gasteiger partial charge in [0.2, 0.25) is 0 Å². The summed E-state index contributed by atoms with van der Waals surface area (Å²) in [6.45, 7) is 2.07. The van der Waals surface area contributed by atoms with E-state index in [4.69, 9.17) is 0 Å². The quantitative estimate of drug-likeness (QED) is 0.545. The molecule has 0 aromatic heterocycles. The first kappa shape index (κ1) is 10.4. The van der Waals surface area contributed by atoms with Gasteiger partial charge in [-0.25, -0.2) is 9.18 Å². The zero-order valence-electron chi connectivity index (χ0n) is 7.87. The maximum Gasteiger partial charge on any atom is 0.330 e. The van der Waals surface area contributed by atoms with E-state index >= 15 is 0 Å². The second-order valence-electron chi connectivity index (χ2n) is 2.64. The third-order valence-electron chi connectivity index (χ3n) is 1.55. The third-order valence-corrected chi connectivity index (χ3v) is 1.55. The van der Waals surface area contributed by atoms with Crippen LogP contribution in [0.4, 0.5) is 4.39 Å². The lowest BCUT2D eigenvalue weighted by atomic mass is 10.2. The van der Waals surface area contributed by atoms with Crippen molar-refractivity contribution in [1.29, 1.82) is 0 Å². The Morgan fingerprint density at radius 3 is 3.00 bits per heavy atom. The minimum Gasteiger partial charge on any atom is -0.463 e. The first-order valence-electron chi connectivity index (χ1n) is 4.33. The van der Waals surface area contributed by atoms with E-state index in [1.165, 1.54) is 24.3 Å². The Labute approximate surface area is 82.0 Å². The molecule has 0 aliphatic rings. The van der Waals surface area contributed by atoms with E-state index in [0.29, 0.717) is 12.2 Å². The van der Waals surface area contributed by atoms with Crippen LogP contribution >= 0.6 is 0 Å². The van der Waals surface area contributed by atoms with Crippen LogP contribution in [0.15, 0.2) is 30.3 Å². The van der Waals surface area contributed by atoms with E-state index in [1.54, 1.807) is 19.1 Å². The van der Waals surface area contributed by atoms with Gasteiger partial charge in [0.25, 0.3) is 0 Å². The highest BCUT2D eigenvalue weighted by Gasteiger charge is 1.94. The summed E-state index contributed by atoms with van der Waals surface area (Å²) >= 11 is 0. The smallest absolute Gasteiger partial charge is 0.330 e. The molecule has 0 radical (unpaired) electrons. The SMILES string of the molecule is CCOC(=O)/C=C\c1cccc(F)c1. The lowest BCUT2D eigenvalue weighted by Gasteiger charge is -1.95. The van der Waals surface area contributed by atoms with E-state index in [2.05, 4.69) is 4.74 Å². The Morgan fingerprint density at radius 2 is 2.36 bits per heavy atom. The Kier molecular flexibility index (Phi) is 3.85. The van der Waals surface area contributed by atoms with E-state index in [-0.39, 0.29) is 5.82 Å². The number of halogens is 1. The van der Waals surface area contributed by atoms with Gasteiger partial charge in [0.1, 0.15) is 5.82 Å². The van der Waals surface area contributed by atoms with Crippen molar-refractivity contribution in [3.63, 3.8) is 0 Å². The molecule has 0 aliphatic heterocycles. The van der Waals surface area contributed by atoms with Gasteiger partial charge in [0, 0.05) is 6.08 Å². The summed E-state index contributed by atoms with van der Waals surface area (Å²) in [6, 6.07) is 5.98. The van der Waals surface area contributed by atoms with Gasteiger partial charge in [-0.1, -0.05) is 12.1 Å². The normalized spacial score (nSPS) is 10.4. The number of esters is 1. The number of benzene rings is 1. The van der Waals surface area contributed by atoms with E-state index in [9.17, 15) is 9.18 Å². The minimum atomic E-state index is -0.420. The minimum absolute atomic E-state index is 0.323. The van der Waals surface area contributed by atoms with Crippen LogP contribution in [0.25, 0.3) is 6.08 Å². The number of hydrogen-bond acceptors (Lipinski definition) is 2. The van der Waals surface area contributed by atoms with Gasteiger partial charge in [0.05, 0.1) is 6.61 Å². The van der Waals surface area contributed by atoms with Crippen LogP contribution < -0.4 is 0 Å². The van der Waals surface area contributed by atoms with Crippen LogP contribution in [0.1, 0.15) is 12.5 Å². The molecule has 1 aromatic rings. The molecule has 0 amide bonds. The standard InChI is InChI=1S/C11H11FO2/c1-2-14-11(13)7-6-9-4-3-5-10(12)8-9/h3-8H,2H2,1H3/b7-6-. The number of carbonyl (C=O) groups excluding carboxylic acids is 1. The molecule has 0 atom stereocenters. The molecule has 2 nitrogen and oxygen atoms in total. The molecule has 74 valence electrons. The zero-order valence-corrected chi connectivity index (χ0v) is 7.87. The fraction of sp³-hybridized carbons (Fsp3) is 0.182. The highest BCUT2D eigenvalue weighted by molar-refractivity contribution is 5.86. The summed E-state index contributed by atoms with van der Waals surface area (Å²) < 4.78 is 17.4. The first-order valence-corrected chi connectivity index (χ1v) is 4.33. The second kappa shape index (κ2) is 5.17. The van der Waals surface area contributed by atoms with Gasteiger partial charge < -0.3 is 4.74 Å². The molecule has 14 heavy (non-hydrogen) atoms. The van der Waals surface area contributed by atoms with E-state index < -0.39 is 5.97 Å². The number of rotatable bonds is 3. The summed E-state index contributed by atoms with van der Waals surface area (Å²) in [5, 5.41) is 0. The van der Waals surface area contributed by atoms with Crippen molar-refractivity contribution in [3.05, 3.63) is 41.7 Å². The average molecular weight is 194 g/mol. The Bertz CT molecular complexity index is 345. The highest BCUT2D eigenvalue weighted by atomic mass is 19.1. The third kappa shape index (κ3) is 3.39. The topological polar surface area (TPSA) is 26.3 Å². The molecule has 0 heterocycles. The predicted molar refractivity (Wildman–Crippen MR) is 52.1 cm³/mol. The van der Waals surface area contributed by atoms with E-state index in [0.717, 1.165) is 0 Å². The monoisotopic (exact) mass is 194 g/mol. The van der Waals surface area contributed by atoms with Crippen molar-refractivity contribution in [2.45, 2.75) is 6.92 Å². The summed E-state index contributed by atoms with van der Waals surface area (Å²) in [7, 11) is 0. The lowest BCUT2D eigenvalue weighted by molar-refractivity contribution is -0.137. The summed E-state index contributed by atoms with van der Waals surface area (Å²) in [5.41, 5.74) is 0.637. The number of carbonyl (C=O) groups is 1. The van der Waals surface area contributed by atoms with Crippen LogP contribution in [-0.4, -0.2) is 12.6 Å². The second-order valence-corrected chi connectivity index (χ2v) is 2.64. The van der Waals surface area contributed by atoms with Crippen LogP contribution in [0.2, 0.25) is 0 Å². The molecule has 0 aliphatic carbocycles. The van der Waals surface area contributed by atoms with Gasteiger partial charge in [-0.05, 0) is 30.7 Å². The molecule has 0 N–H and O–H groups in total. The number of ether oxygens (including phenoxy) is 1. The van der Waals surface area contributed by atoms with Crippen molar-refractivity contribution in [2.24, 2.45) is 0 Å². The average Bonchev–Trinajstić information content (AvgIpc) is 2.15. The van der Waals surface area contributed by atoms with Gasteiger partial charge >= 0.3 is 5.97 Å². The predicted octanol–water partition coefficient (Wildman–Crippen LogP) is 2.40. The van der Waals surface area contributed by atoms with Crippen molar-refractivity contribution in [2.75, 3.05) is 6.61 Å². The largest absolute Gasteiger partial charge is 0.463 e. The van der Waals surface area contributed by atoms with Crippen LogP contribution in [-0.2, 0) is 9.53 Å². The van der Waals surface area contributed by atoms with E-state index in [1.807, 2.05) is 0 Å². The summed E-state index contributed by atoms with van der Waals surface area (Å²) in [6.07, 6.45) is 2.79. The fourth-order valence-electron chi connectivity index (χ4n) is 0.965. The van der Waals surface area contributed by atoms with Gasteiger partial charge in [-0.2, -0.15) is 0 Å². The van der Waals surface area contributed by atoms with Crippen LogP contribution in [0.5, 0.6) is 0 Å². The van der Waals surface area contributed by atoms with Crippen molar-refractivity contribution in [3.8, 4) is 0 Å². The maximum atomic E-state index is 12.7. The molecule has 1 aromatic carbocycles. The summed E-state index contributed by atoms with van der Waals surface area (Å²) in [5.74, 6) is -0.743. The maximum absolute atomic E-state index is 12.7. The van der Waals surface area contributed by atoms with Gasteiger partial charge in [-0.15, -0.1) is 0 Å². The molecule has 0 unspecified atom stereocenters. The van der Waals surface area contributed by atoms with Crippen molar-refractivity contribution < 1.29 is 13.9 Å². The number of hydrogen-bond donors (Lipinski definition) is 0. The van der Waals surface area contributed by atoms with Gasteiger partial charge in [-0.3, -0.25) is 0 Å². The van der Waals surface area contributed by atoms with Gasteiger partial charge in [0.15, 0.2) is 0 Å². The Balaban J connectivity index is 2.64. The summed E-state index contributed by atoms with van der Waals surface area (Å²) in [4.78, 5) is 10.9. The first-order chi connectivity index (χ1) is 6.72. The van der Waals surface area contributed by atoms with Crippen molar-refractivity contribution in [1.82, 2.24) is 0 Å². The molecular weight excluding hydrogens is 183 g/mol.